The molecule has 0 aliphatic heterocycles. The van der Waals surface area contributed by atoms with Gasteiger partial charge in [-0.25, -0.2) is 8.42 Å². The Morgan fingerprint density at radius 1 is 1.00 bits per heavy atom. The maximum atomic E-state index is 12.8. The SMILES string of the molecule is CCn1c(CS(=O)(=O)c2ccc(C)cc2)nnc1SCC(=O)Nc1ccc2ccccc2c1. The van der Waals surface area contributed by atoms with E-state index in [9.17, 15) is 13.2 Å². The van der Waals surface area contributed by atoms with Gasteiger partial charge in [0.15, 0.2) is 15.0 Å². The van der Waals surface area contributed by atoms with Crippen molar-refractivity contribution in [2.45, 2.75) is 36.2 Å². The minimum Gasteiger partial charge on any atom is -0.325 e. The van der Waals surface area contributed by atoms with Crippen molar-refractivity contribution in [3.63, 3.8) is 0 Å². The summed E-state index contributed by atoms with van der Waals surface area (Å²) in [4.78, 5) is 12.7. The third-order valence-electron chi connectivity index (χ3n) is 5.17. The zero-order valence-corrected chi connectivity index (χ0v) is 20.0. The van der Waals surface area contributed by atoms with Crippen molar-refractivity contribution < 1.29 is 13.2 Å². The van der Waals surface area contributed by atoms with E-state index in [2.05, 4.69) is 15.5 Å². The van der Waals surface area contributed by atoms with E-state index in [0.717, 1.165) is 22.0 Å². The molecule has 0 bridgehead atoms. The summed E-state index contributed by atoms with van der Waals surface area (Å²) in [5.74, 6) is 0.0708. The normalized spacial score (nSPS) is 11.6. The highest BCUT2D eigenvalue weighted by molar-refractivity contribution is 7.99. The van der Waals surface area contributed by atoms with Crippen LogP contribution in [0.3, 0.4) is 0 Å². The van der Waals surface area contributed by atoms with Crippen LogP contribution in [0.5, 0.6) is 0 Å². The quantitative estimate of drug-likeness (QED) is 0.374. The van der Waals surface area contributed by atoms with Gasteiger partial charge in [0, 0.05) is 12.2 Å². The first-order valence-electron chi connectivity index (χ1n) is 10.5. The molecule has 0 saturated carbocycles. The molecular weight excluding hydrogens is 456 g/mol. The second kappa shape index (κ2) is 9.76. The fraction of sp³-hybridized carbons (Fsp3) is 0.208. The topological polar surface area (TPSA) is 93.9 Å². The molecular formula is C24H24N4O3S2. The van der Waals surface area contributed by atoms with Crippen molar-refractivity contribution in [2.75, 3.05) is 11.1 Å². The number of nitrogens with one attached hydrogen (secondary N) is 1. The minimum atomic E-state index is -3.55. The lowest BCUT2D eigenvalue weighted by Gasteiger charge is -2.09. The molecule has 0 unspecified atom stereocenters. The number of amides is 1. The summed E-state index contributed by atoms with van der Waals surface area (Å²) in [5, 5.41) is 13.8. The van der Waals surface area contributed by atoms with Gasteiger partial charge in [0.1, 0.15) is 11.6 Å². The number of nitrogens with zero attached hydrogens (tertiary/aromatic N) is 3. The molecule has 1 amide bonds. The molecule has 0 saturated heterocycles. The number of aryl methyl sites for hydroxylation is 1. The van der Waals surface area contributed by atoms with Gasteiger partial charge in [-0.05, 0) is 48.9 Å². The summed E-state index contributed by atoms with van der Waals surface area (Å²) in [6.45, 7) is 4.30. The van der Waals surface area contributed by atoms with Crippen LogP contribution in [-0.2, 0) is 26.9 Å². The van der Waals surface area contributed by atoms with Gasteiger partial charge < -0.3 is 9.88 Å². The van der Waals surface area contributed by atoms with Crippen molar-refractivity contribution in [3.05, 3.63) is 78.1 Å². The second-order valence-corrected chi connectivity index (χ2v) is 10.5. The standard InChI is InChI=1S/C24H24N4O3S2/c1-3-28-22(16-33(30,31)21-12-8-17(2)9-13-21)26-27-24(28)32-15-23(29)25-20-11-10-18-6-4-5-7-19(18)14-20/h4-14H,3,15-16H2,1-2H3,(H,25,29). The minimum absolute atomic E-state index is 0.135. The van der Waals surface area contributed by atoms with Crippen LogP contribution in [-0.4, -0.2) is 34.8 Å². The first-order chi connectivity index (χ1) is 15.9. The van der Waals surface area contributed by atoms with Crippen LogP contribution in [0.2, 0.25) is 0 Å². The fourth-order valence-corrected chi connectivity index (χ4v) is 5.54. The summed E-state index contributed by atoms with van der Waals surface area (Å²) in [7, 11) is -3.55. The molecule has 0 atom stereocenters. The van der Waals surface area contributed by atoms with Gasteiger partial charge in [-0.3, -0.25) is 4.79 Å². The van der Waals surface area contributed by atoms with Crippen molar-refractivity contribution >= 4 is 44.0 Å². The van der Waals surface area contributed by atoms with E-state index in [1.165, 1.54) is 11.8 Å². The van der Waals surface area contributed by atoms with Crippen LogP contribution in [0, 0.1) is 6.92 Å². The van der Waals surface area contributed by atoms with Crippen LogP contribution in [0.1, 0.15) is 18.3 Å². The zero-order valence-electron chi connectivity index (χ0n) is 18.4. The Morgan fingerprint density at radius 3 is 2.45 bits per heavy atom. The molecule has 4 aromatic rings. The lowest BCUT2D eigenvalue weighted by molar-refractivity contribution is -0.113. The third kappa shape index (κ3) is 5.43. The molecule has 9 heteroatoms. The lowest BCUT2D eigenvalue weighted by atomic mass is 10.1. The first-order valence-corrected chi connectivity index (χ1v) is 13.1. The molecule has 170 valence electrons. The van der Waals surface area contributed by atoms with E-state index >= 15 is 0 Å². The summed E-state index contributed by atoms with van der Waals surface area (Å²) in [5.41, 5.74) is 1.72. The van der Waals surface area contributed by atoms with Crippen LogP contribution >= 0.6 is 11.8 Å². The van der Waals surface area contributed by atoms with Gasteiger partial charge >= 0.3 is 0 Å². The number of aromatic nitrogens is 3. The van der Waals surface area contributed by atoms with Gasteiger partial charge in [-0.2, -0.15) is 0 Å². The third-order valence-corrected chi connectivity index (χ3v) is 7.77. The van der Waals surface area contributed by atoms with Crippen LogP contribution in [0.15, 0.2) is 76.8 Å². The Bertz CT molecular complexity index is 1400. The fourth-order valence-electron chi connectivity index (χ4n) is 3.44. The Kier molecular flexibility index (Phi) is 6.80. The van der Waals surface area contributed by atoms with Gasteiger partial charge in [0.05, 0.1) is 10.6 Å². The average Bonchev–Trinajstić information content (AvgIpc) is 3.18. The molecule has 3 aromatic carbocycles. The Hall–Kier alpha value is -3.17. The number of benzene rings is 3. The molecule has 0 aliphatic rings. The summed E-state index contributed by atoms with van der Waals surface area (Å²) < 4.78 is 27.3. The van der Waals surface area contributed by atoms with Crippen molar-refractivity contribution in [1.29, 1.82) is 0 Å². The van der Waals surface area contributed by atoms with Gasteiger partial charge in [0.25, 0.3) is 0 Å². The molecule has 0 spiro atoms. The van der Waals surface area contributed by atoms with Gasteiger partial charge in [0.2, 0.25) is 5.91 Å². The number of anilines is 1. The van der Waals surface area contributed by atoms with Crippen molar-refractivity contribution in [2.24, 2.45) is 0 Å². The molecule has 0 fully saturated rings. The molecule has 0 aliphatic carbocycles. The summed E-state index contributed by atoms with van der Waals surface area (Å²) in [6.07, 6.45) is 0. The average molecular weight is 481 g/mol. The maximum absolute atomic E-state index is 12.8. The monoisotopic (exact) mass is 480 g/mol. The second-order valence-electron chi connectivity index (χ2n) is 7.61. The van der Waals surface area contributed by atoms with E-state index in [1.54, 1.807) is 28.8 Å². The smallest absolute Gasteiger partial charge is 0.234 e. The van der Waals surface area contributed by atoms with E-state index in [0.29, 0.717) is 17.5 Å². The predicted octanol–water partition coefficient (Wildman–Crippen LogP) is 4.46. The number of sulfone groups is 1. The summed E-state index contributed by atoms with van der Waals surface area (Å²) in [6, 6.07) is 20.5. The number of rotatable bonds is 8. The van der Waals surface area contributed by atoms with E-state index < -0.39 is 9.84 Å². The van der Waals surface area contributed by atoms with E-state index in [-0.39, 0.29) is 22.3 Å². The summed E-state index contributed by atoms with van der Waals surface area (Å²) >= 11 is 1.23. The molecule has 33 heavy (non-hydrogen) atoms. The van der Waals surface area contributed by atoms with Gasteiger partial charge in [-0.1, -0.05) is 59.8 Å². The molecule has 0 radical (unpaired) electrons. The number of fused-ring (bicyclic) bond motifs is 1. The Morgan fingerprint density at radius 2 is 1.73 bits per heavy atom. The number of carbonyl (C=O) groups excluding carboxylic acids is 1. The molecule has 4 rings (SSSR count). The highest BCUT2D eigenvalue weighted by Gasteiger charge is 2.21. The van der Waals surface area contributed by atoms with Crippen molar-refractivity contribution in [1.82, 2.24) is 14.8 Å². The van der Waals surface area contributed by atoms with E-state index in [4.69, 9.17) is 0 Å². The lowest BCUT2D eigenvalue weighted by Crippen LogP contribution is -2.15. The molecule has 7 nitrogen and oxygen atoms in total. The van der Waals surface area contributed by atoms with Crippen LogP contribution in [0.4, 0.5) is 5.69 Å². The first kappa shape index (κ1) is 23.0. The zero-order chi connectivity index (χ0) is 23.4. The van der Waals surface area contributed by atoms with E-state index in [1.807, 2.05) is 56.3 Å². The number of thioether (sulfide) groups is 1. The highest BCUT2D eigenvalue weighted by atomic mass is 32.2. The predicted molar refractivity (Wildman–Crippen MR) is 131 cm³/mol. The molecule has 1 heterocycles. The number of hydrogen-bond acceptors (Lipinski definition) is 6. The number of hydrogen-bond donors (Lipinski definition) is 1. The maximum Gasteiger partial charge on any atom is 0.234 e. The van der Waals surface area contributed by atoms with Crippen LogP contribution in [0.25, 0.3) is 10.8 Å². The van der Waals surface area contributed by atoms with Crippen LogP contribution < -0.4 is 5.32 Å². The van der Waals surface area contributed by atoms with Gasteiger partial charge in [-0.15, -0.1) is 10.2 Å². The number of carbonyl (C=O) groups is 1. The Balaban J connectivity index is 1.42. The van der Waals surface area contributed by atoms with Crippen molar-refractivity contribution in [3.8, 4) is 0 Å². The molecule has 1 aromatic heterocycles. The largest absolute Gasteiger partial charge is 0.325 e. The highest BCUT2D eigenvalue weighted by Crippen LogP contribution is 2.22. The molecule has 1 N–H and O–H groups in total. The Labute approximate surface area is 197 Å².